The lowest BCUT2D eigenvalue weighted by molar-refractivity contribution is 0.536. The zero-order chi connectivity index (χ0) is 15.4. The Balaban J connectivity index is 2.23. The molecule has 0 aliphatic carbocycles. The van der Waals surface area contributed by atoms with Gasteiger partial charge in [0.15, 0.2) is 0 Å². The van der Waals surface area contributed by atoms with Crippen LogP contribution in [0.3, 0.4) is 0 Å². The second-order valence-electron chi connectivity index (χ2n) is 5.05. The highest BCUT2D eigenvalue weighted by molar-refractivity contribution is 9.11. The minimum atomic E-state index is -0.295. The molecular formula is C16H18BrClFNS. The molecular weight excluding hydrogens is 373 g/mol. The lowest BCUT2D eigenvalue weighted by Gasteiger charge is -2.18. The summed E-state index contributed by atoms with van der Waals surface area (Å²) in [7, 11) is 0. The van der Waals surface area contributed by atoms with E-state index in [2.05, 4.69) is 41.2 Å². The summed E-state index contributed by atoms with van der Waals surface area (Å²) in [5.74, 6) is -0.295. The van der Waals surface area contributed by atoms with E-state index in [1.165, 1.54) is 22.6 Å². The lowest BCUT2D eigenvalue weighted by Crippen LogP contribution is -2.23. The van der Waals surface area contributed by atoms with Crippen LogP contribution in [-0.4, -0.2) is 6.54 Å². The van der Waals surface area contributed by atoms with Crippen molar-refractivity contribution in [2.75, 3.05) is 6.54 Å². The van der Waals surface area contributed by atoms with Crippen molar-refractivity contribution in [3.63, 3.8) is 0 Å². The molecule has 0 aliphatic heterocycles. The summed E-state index contributed by atoms with van der Waals surface area (Å²) in [6.07, 6.45) is 1.82. The Labute approximate surface area is 142 Å². The summed E-state index contributed by atoms with van der Waals surface area (Å²) in [6.45, 7) is 5.18. The minimum Gasteiger partial charge on any atom is -0.309 e. The molecule has 2 aromatic rings. The molecule has 0 saturated carbocycles. The Morgan fingerprint density at radius 2 is 2.14 bits per heavy atom. The molecule has 1 aromatic carbocycles. The molecule has 0 amide bonds. The van der Waals surface area contributed by atoms with Crippen molar-refractivity contribution in [3.05, 3.63) is 54.9 Å². The van der Waals surface area contributed by atoms with Gasteiger partial charge >= 0.3 is 0 Å². The van der Waals surface area contributed by atoms with Gasteiger partial charge in [-0.05, 0) is 71.6 Å². The Morgan fingerprint density at radius 3 is 2.71 bits per heavy atom. The molecule has 21 heavy (non-hydrogen) atoms. The minimum absolute atomic E-state index is 0.197. The number of nitrogens with one attached hydrogen (secondary N) is 1. The number of rotatable bonds is 6. The van der Waals surface area contributed by atoms with Gasteiger partial charge in [-0.3, -0.25) is 0 Å². The quantitative estimate of drug-likeness (QED) is 0.648. The number of hydrogen-bond acceptors (Lipinski definition) is 2. The summed E-state index contributed by atoms with van der Waals surface area (Å²) in [4.78, 5) is 1.27. The first-order valence-corrected chi connectivity index (χ1v) is 8.93. The van der Waals surface area contributed by atoms with Gasteiger partial charge in [0.2, 0.25) is 0 Å². The Hall–Kier alpha value is -0.420. The zero-order valence-corrected chi connectivity index (χ0v) is 15.2. The van der Waals surface area contributed by atoms with E-state index in [9.17, 15) is 4.39 Å². The van der Waals surface area contributed by atoms with E-state index in [1.54, 1.807) is 17.4 Å². The van der Waals surface area contributed by atoms with Crippen molar-refractivity contribution < 1.29 is 4.39 Å². The Bertz CT molecular complexity index is 595. The number of thiophene rings is 1. The lowest BCUT2D eigenvalue weighted by atomic mass is 10.0. The molecule has 0 aliphatic rings. The van der Waals surface area contributed by atoms with Crippen molar-refractivity contribution in [3.8, 4) is 0 Å². The van der Waals surface area contributed by atoms with Crippen LogP contribution in [0.1, 0.15) is 35.4 Å². The Kier molecular flexibility index (Phi) is 6.23. The molecule has 1 atom stereocenters. The summed E-state index contributed by atoms with van der Waals surface area (Å²) in [5.41, 5.74) is 2.21. The molecule has 0 spiro atoms. The highest BCUT2D eigenvalue weighted by atomic mass is 79.9. The first-order valence-electron chi connectivity index (χ1n) is 6.94. The predicted molar refractivity (Wildman–Crippen MR) is 92.9 cm³/mol. The number of benzene rings is 1. The summed E-state index contributed by atoms with van der Waals surface area (Å²) >= 11 is 11.5. The summed E-state index contributed by atoms with van der Waals surface area (Å²) in [6, 6.07) is 7.01. The van der Waals surface area contributed by atoms with Crippen LogP contribution in [0, 0.1) is 12.7 Å². The van der Waals surface area contributed by atoms with Gasteiger partial charge in [0.1, 0.15) is 5.82 Å². The fraction of sp³-hybridized carbons (Fsp3) is 0.375. The molecule has 1 N–H and O–H groups in total. The zero-order valence-electron chi connectivity index (χ0n) is 12.1. The van der Waals surface area contributed by atoms with Crippen molar-refractivity contribution in [2.45, 2.75) is 32.7 Å². The third-order valence-electron chi connectivity index (χ3n) is 3.30. The van der Waals surface area contributed by atoms with Crippen molar-refractivity contribution in [1.29, 1.82) is 0 Å². The van der Waals surface area contributed by atoms with E-state index in [0.717, 1.165) is 28.7 Å². The monoisotopic (exact) mass is 389 g/mol. The maximum absolute atomic E-state index is 13.2. The van der Waals surface area contributed by atoms with Gasteiger partial charge in [-0.1, -0.05) is 24.6 Å². The van der Waals surface area contributed by atoms with Gasteiger partial charge in [-0.2, -0.15) is 0 Å². The topological polar surface area (TPSA) is 12.0 Å². The fourth-order valence-corrected chi connectivity index (χ4v) is 4.05. The van der Waals surface area contributed by atoms with Crippen molar-refractivity contribution in [1.82, 2.24) is 5.32 Å². The van der Waals surface area contributed by atoms with Gasteiger partial charge in [-0.25, -0.2) is 4.39 Å². The van der Waals surface area contributed by atoms with Gasteiger partial charge in [-0.15, -0.1) is 11.3 Å². The van der Waals surface area contributed by atoms with Gasteiger partial charge in [0.25, 0.3) is 0 Å². The molecule has 0 fully saturated rings. The SMILES string of the molecule is CCCNC(Cc1ccc(F)cc1Cl)c1cc(C)c(Br)s1. The van der Waals surface area contributed by atoms with Crippen LogP contribution >= 0.6 is 38.9 Å². The van der Waals surface area contributed by atoms with E-state index < -0.39 is 0 Å². The molecule has 1 unspecified atom stereocenters. The smallest absolute Gasteiger partial charge is 0.124 e. The van der Waals surface area contributed by atoms with E-state index in [0.29, 0.717) is 5.02 Å². The molecule has 1 aromatic heterocycles. The number of halogens is 3. The van der Waals surface area contributed by atoms with Gasteiger partial charge in [0.05, 0.1) is 3.79 Å². The fourth-order valence-electron chi connectivity index (χ4n) is 2.15. The van der Waals surface area contributed by atoms with E-state index in [1.807, 2.05) is 0 Å². The van der Waals surface area contributed by atoms with E-state index in [4.69, 9.17) is 11.6 Å². The van der Waals surface area contributed by atoms with Crippen molar-refractivity contribution in [2.24, 2.45) is 0 Å². The summed E-state index contributed by atoms with van der Waals surface area (Å²) in [5, 5.41) is 4.05. The molecule has 1 nitrogen and oxygen atoms in total. The Morgan fingerprint density at radius 1 is 1.38 bits per heavy atom. The van der Waals surface area contributed by atoms with Gasteiger partial charge < -0.3 is 5.32 Å². The average molecular weight is 391 g/mol. The molecule has 1 heterocycles. The van der Waals surface area contributed by atoms with Crippen molar-refractivity contribution >= 4 is 38.9 Å². The van der Waals surface area contributed by atoms with Crippen LogP contribution in [0.5, 0.6) is 0 Å². The number of hydrogen-bond donors (Lipinski definition) is 1. The van der Waals surface area contributed by atoms with Crippen LogP contribution in [0.4, 0.5) is 4.39 Å². The average Bonchev–Trinajstić information content (AvgIpc) is 2.77. The molecule has 5 heteroatoms. The third-order valence-corrected chi connectivity index (χ3v) is 5.90. The van der Waals surface area contributed by atoms with Crippen LogP contribution in [0.25, 0.3) is 0 Å². The number of aryl methyl sites for hydroxylation is 1. The van der Waals surface area contributed by atoms with Crippen LogP contribution < -0.4 is 5.32 Å². The van der Waals surface area contributed by atoms with Crippen LogP contribution in [0.15, 0.2) is 28.1 Å². The normalized spacial score (nSPS) is 12.6. The summed E-state index contributed by atoms with van der Waals surface area (Å²) < 4.78 is 14.3. The molecule has 2 rings (SSSR count). The van der Waals surface area contributed by atoms with Crippen LogP contribution in [-0.2, 0) is 6.42 Å². The van der Waals surface area contributed by atoms with Gasteiger partial charge in [0, 0.05) is 15.9 Å². The second-order valence-corrected chi connectivity index (χ2v) is 7.86. The van der Waals surface area contributed by atoms with E-state index in [-0.39, 0.29) is 11.9 Å². The second kappa shape index (κ2) is 7.73. The maximum atomic E-state index is 13.2. The third kappa shape index (κ3) is 4.52. The maximum Gasteiger partial charge on any atom is 0.124 e. The van der Waals surface area contributed by atoms with Crippen LogP contribution in [0.2, 0.25) is 5.02 Å². The van der Waals surface area contributed by atoms with E-state index >= 15 is 0 Å². The highest BCUT2D eigenvalue weighted by Gasteiger charge is 2.17. The first-order chi connectivity index (χ1) is 10.0. The molecule has 0 bridgehead atoms. The standard InChI is InChI=1S/C16H18BrClFNS/c1-3-6-20-14(15-7-10(2)16(17)21-15)8-11-4-5-12(19)9-13(11)18/h4-5,7,9,14,20H,3,6,8H2,1-2H3. The molecule has 0 saturated heterocycles. The first kappa shape index (κ1) is 16.9. The largest absolute Gasteiger partial charge is 0.309 e. The highest BCUT2D eigenvalue weighted by Crippen LogP contribution is 2.34. The predicted octanol–water partition coefficient (Wildman–Crippen LogP) is 5.89. The molecule has 114 valence electrons. The molecule has 0 radical (unpaired) electrons.